The molecule has 18 heavy (non-hydrogen) atoms. The average molecular weight is 291 g/mol. The summed E-state index contributed by atoms with van der Waals surface area (Å²) in [6, 6.07) is 5.07. The fraction of sp³-hybridized carbons (Fsp3) is 0.417. The largest absolute Gasteiger partial charge is 0.385 e. The zero-order valence-corrected chi connectivity index (χ0v) is 11.6. The van der Waals surface area contributed by atoms with Crippen LogP contribution in [0.15, 0.2) is 18.2 Å². The Labute approximate surface area is 117 Å². The smallest absolute Gasteiger partial charge is 0.239 e. The standard InChI is InChI=1S/C12H16Cl2N2O2/c1-18-4-2-3-15-12(17)8-16-11-6-9(13)5-10(14)7-11/h5-7,16H,2-4,8H2,1H3,(H,15,17). The Balaban J connectivity index is 2.29. The molecule has 0 spiro atoms. The molecule has 0 radical (unpaired) electrons. The van der Waals surface area contributed by atoms with E-state index in [2.05, 4.69) is 10.6 Å². The van der Waals surface area contributed by atoms with Crippen LogP contribution in [0, 0.1) is 0 Å². The van der Waals surface area contributed by atoms with E-state index in [1.54, 1.807) is 25.3 Å². The zero-order valence-electron chi connectivity index (χ0n) is 10.1. The maximum absolute atomic E-state index is 11.5. The molecule has 0 aliphatic carbocycles. The minimum absolute atomic E-state index is 0.0813. The van der Waals surface area contributed by atoms with Crippen molar-refractivity contribution in [2.24, 2.45) is 0 Å². The Morgan fingerprint density at radius 1 is 1.28 bits per heavy atom. The van der Waals surface area contributed by atoms with Crippen molar-refractivity contribution in [1.82, 2.24) is 5.32 Å². The van der Waals surface area contributed by atoms with Crippen LogP contribution in [0.5, 0.6) is 0 Å². The van der Waals surface area contributed by atoms with Gasteiger partial charge in [0.25, 0.3) is 0 Å². The van der Waals surface area contributed by atoms with Gasteiger partial charge in [-0.3, -0.25) is 4.79 Å². The van der Waals surface area contributed by atoms with E-state index < -0.39 is 0 Å². The lowest BCUT2D eigenvalue weighted by molar-refractivity contribution is -0.119. The van der Waals surface area contributed by atoms with E-state index in [0.29, 0.717) is 23.2 Å². The number of carbonyl (C=O) groups excluding carboxylic acids is 1. The number of methoxy groups -OCH3 is 1. The van der Waals surface area contributed by atoms with Gasteiger partial charge in [-0.1, -0.05) is 23.2 Å². The lowest BCUT2D eigenvalue weighted by Crippen LogP contribution is -2.31. The molecule has 0 heterocycles. The highest BCUT2D eigenvalue weighted by Crippen LogP contribution is 2.22. The normalized spacial score (nSPS) is 10.2. The predicted molar refractivity (Wildman–Crippen MR) is 74.5 cm³/mol. The van der Waals surface area contributed by atoms with Crippen LogP contribution in [0.3, 0.4) is 0 Å². The van der Waals surface area contributed by atoms with Gasteiger partial charge in [-0.2, -0.15) is 0 Å². The third-order valence-corrected chi connectivity index (χ3v) is 2.60. The third-order valence-electron chi connectivity index (χ3n) is 2.16. The molecule has 0 bridgehead atoms. The van der Waals surface area contributed by atoms with E-state index in [0.717, 1.165) is 12.1 Å². The van der Waals surface area contributed by atoms with Crippen LogP contribution < -0.4 is 10.6 Å². The molecule has 1 amide bonds. The summed E-state index contributed by atoms with van der Waals surface area (Å²) >= 11 is 11.7. The topological polar surface area (TPSA) is 50.4 Å². The van der Waals surface area contributed by atoms with Crippen LogP contribution in [0.1, 0.15) is 6.42 Å². The highest BCUT2D eigenvalue weighted by atomic mass is 35.5. The van der Waals surface area contributed by atoms with Crippen LogP contribution in [-0.2, 0) is 9.53 Å². The monoisotopic (exact) mass is 290 g/mol. The second-order valence-corrected chi connectivity index (χ2v) is 4.58. The molecule has 0 aromatic heterocycles. The first-order chi connectivity index (χ1) is 8.61. The molecule has 1 aromatic rings. The molecule has 6 heteroatoms. The molecule has 0 saturated carbocycles. The number of carbonyl (C=O) groups is 1. The number of nitrogens with one attached hydrogen (secondary N) is 2. The summed E-state index contributed by atoms with van der Waals surface area (Å²) in [5.41, 5.74) is 0.722. The second-order valence-electron chi connectivity index (χ2n) is 3.71. The van der Waals surface area contributed by atoms with Crippen molar-refractivity contribution in [3.8, 4) is 0 Å². The van der Waals surface area contributed by atoms with Gasteiger partial charge >= 0.3 is 0 Å². The van der Waals surface area contributed by atoms with Gasteiger partial charge in [-0.25, -0.2) is 0 Å². The quantitative estimate of drug-likeness (QED) is 0.759. The second kappa shape index (κ2) is 8.19. The van der Waals surface area contributed by atoms with E-state index in [1.165, 1.54) is 0 Å². The van der Waals surface area contributed by atoms with Crippen LogP contribution in [0.4, 0.5) is 5.69 Å². The first-order valence-corrected chi connectivity index (χ1v) is 6.33. The molecule has 0 aliphatic heterocycles. The minimum Gasteiger partial charge on any atom is -0.385 e. The number of halogens is 2. The molecule has 0 aliphatic rings. The Morgan fingerprint density at radius 3 is 2.56 bits per heavy atom. The fourth-order valence-corrected chi connectivity index (χ4v) is 1.87. The molecule has 0 saturated heterocycles. The Bertz CT molecular complexity index is 379. The molecular formula is C12H16Cl2N2O2. The van der Waals surface area contributed by atoms with Crippen molar-refractivity contribution in [2.45, 2.75) is 6.42 Å². The molecule has 0 fully saturated rings. The Morgan fingerprint density at radius 2 is 1.94 bits per heavy atom. The predicted octanol–water partition coefficient (Wildman–Crippen LogP) is 2.56. The van der Waals surface area contributed by atoms with E-state index in [1.807, 2.05) is 0 Å². The van der Waals surface area contributed by atoms with Crippen molar-refractivity contribution in [3.63, 3.8) is 0 Å². The summed E-state index contributed by atoms with van der Waals surface area (Å²) in [7, 11) is 1.63. The summed E-state index contributed by atoms with van der Waals surface area (Å²) in [5, 5.41) is 6.79. The van der Waals surface area contributed by atoms with E-state index >= 15 is 0 Å². The van der Waals surface area contributed by atoms with Gasteiger partial charge in [0, 0.05) is 36.0 Å². The van der Waals surface area contributed by atoms with Crippen molar-refractivity contribution >= 4 is 34.8 Å². The summed E-state index contributed by atoms with van der Waals surface area (Å²) in [5.74, 6) is -0.0813. The highest BCUT2D eigenvalue weighted by molar-refractivity contribution is 6.35. The lowest BCUT2D eigenvalue weighted by Gasteiger charge is -2.08. The number of rotatable bonds is 7. The maximum atomic E-state index is 11.5. The van der Waals surface area contributed by atoms with E-state index in [4.69, 9.17) is 27.9 Å². The van der Waals surface area contributed by atoms with Crippen molar-refractivity contribution < 1.29 is 9.53 Å². The number of hydrogen-bond acceptors (Lipinski definition) is 3. The molecule has 4 nitrogen and oxygen atoms in total. The van der Waals surface area contributed by atoms with Crippen LogP contribution in [-0.4, -0.2) is 32.7 Å². The summed E-state index contributed by atoms with van der Waals surface area (Å²) in [4.78, 5) is 11.5. The number of amides is 1. The van der Waals surface area contributed by atoms with E-state index in [9.17, 15) is 4.79 Å². The molecule has 2 N–H and O–H groups in total. The molecule has 1 aromatic carbocycles. The number of anilines is 1. The Kier molecular flexibility index (Phi) is 6.86. The van der Waals surface area contributed by atoms with Crippen molar-refractivity contribution in [2.75, 3.05) is 32.1 Å². The lowest BCUT2D eigenvalue weighted by atomic mass is 10.3. The molecule has 0 atom stereocenters. The minimum atomic E-state index is -0.0813. The number of benzene rings is 1. The first-order valence-electron chi connectivity index (χ1n) is 5.57. The van der Waals surface area contributed by atoms with Crippen LogP contribution in [0.2, 0.25) is 10.0 Å². The molecule has 1 rings (SSSR count). The SMILES string of the molecule is COCCCNC(=O)CNc1cc(Cl)cc(Cl)c1. The first kappa shape index (κ1) is 15.1. The zero-order chi connectivity index (χ0) is 13.4. The molecule has 0 unspecified atom stereocenters. The van der Waals surface area contributed by atoms with Gasteiger partial charge in [0.15, 0.2) is 0 Å². The highest BCUT2D eigenvalue weighted by Gasteiger charge is 2.02. The average Bonchev–Trinajstić information content (AvgIpc) is 2.31. The van der Waals surface area contributed by atoms with Crippen molar-refractivity contribution in [3.05, 3.63) is 28.2 Å². The van der Waals surface area contributed by atoms with Gasteiger partial charge < -0.3 is 15.4 Å². The van der Waals surface area contributed by atoms with Crippen LogP contribution >= 0.6 is 23.2 Å². The van der Waals surface area contributed by atoms with Gasteiger partial charge in [0.2, 0.25) is 5.91 Å². The summed E-state index contributed by atoms with van der Waals surface area (Å²) in [6.07, 6.45) is 0.797. The third kappa shape index (κ3) is 6.10. The summed E-state index contributed by atoms with van der Waals surface area (Å²) in [6.45, 7) is 1.42. The van der Waals surface area contributed by atoms with Gasteiger partial charge in [-0.15, -0.1) is 0 Å². The number of ether oxygens (including phenoxy) is 1. The summed E-state index contributed by atoms with van der Waals surface area (Å²) < 4.78 is 4.88. The van der Waals surface area contributed by atoms with Crippen molar-refractivity contribution in [1.29, 1.82) is 0 Å². The fourth-order valence-electron chi connectivity index (χ4n) is 1.35. The molecule has 100 valence electrons. The Hall–Kier alpha value is -0.970. The molecular weight excluding hydrogens is 275 g/mol. The number of hydrogen-bond donors (Lipinski definition) is 2. The van der Waals surface area contributed by atoms with E-state index in [-0.39, 0.29) is 12.5 Å². The van der Waals surface area contributed by atoms with Gasteiger partial charge in [-0.05, 0) is 24.6 Å². The van der Waals surface area contributed by atoms with Crippen LogP contribution in [0.25, 0.3) is 0 Å². The maximum Gasteiger partial charge on any atom is 0.239 e. The van der Waals surface area contributed by atoms with Gasteiger partial charge in [0.05, 0.1) is 6.54 Å². The van der Waals surface area contributed by atoms with Gasteiger partial charge in [0.1, 0.15) is 0 Å².